The van der Waals surface area contributed by atoms with Crippen molar-refractivity contribution in [1.29, 1.82) is 0 Å². The molecule has 5 aromatic carbocycles. The fraction of sp³-hybridized carbons (Fsp3) is 0.0857. The Labute approximate surface area is 247 Å². The molecule has 8 nitrogen and oxygen atoms in total. The molecule has 43 heavy (non-hydrogen) atoms. The first kappa shape index (κ1) is 27.4. The van der Waals surface area contributed by atoms with Gasteiger partial charge < -0.3 is 9.47 Å². The van der Waals surface area contributed by atoms with Crippen LogP contribution in [0.5, 0.6) is 5.75 Å². The number of imide groups is 2. The molecule has 1 saturated heterocycles. The van der Waals surface area contributed by atoms with Crippen LogP contribution in [0.15, 0.2) is 103 Å². The summed E-state index contributed by atoms with van der Waals surface area (Å²) in [4.78, 5) is 52.2. The summed E-state index contributed by atoms with van der Waals surface area (Å²) in [5.41, 5.74) is 2.84. The number of fused-ring (bicyclic) bond motifs is 2. The van der Waals surface area contributed by atoms with E-state index >= 15 is 0 Å². The molecular formula is C35H26N2O6. The number of hydrogen-bond donors (Lipinski definition) is 1. The highest BCUT2D eigenvalue weighted by Gasteiger charge is 2.37. The summed E-state index contributed by atoms with van der Waals surface area (Å²) in [6, 6.07) is 28.4. The van der Waals surface area contributed by atoms with E-state index in [1.54, 1.807) is 0 Å². The smallest absolute Gasteiger partial charge is 0.337 e. The van der Waals surface area contributed by atoms with Crippen molar-refractivity contribution in [2.45, 2.75) is 13.5 Å². The number of barbiturate groups is 1. The molecule has 1 N–H and O–H groups in total. The molecular weight excluding hydrogens is 544 g/mol. The Hall–Kier alpha value is -5.76. The van der Waals surface area contributed by atoms with E-state index in [4.69, 9.17) is 9.47 Å². The fourth-order valence-corrected chi connectivity index (χ4v) is 5.24. The van der Waals surface area contributed by atoms with E-state index in [1.807, 2.05) is 61.5 Å². The summed E-state index contributed by atoms with van der Waals surface area (Å²) in [5, 5.41) is 6.10. The molecule has 0 unspecified atom stereocenters. The van der Waals surface area contributed by atoms with Gasteiger partial charge in [0.25, 0.3) is 11.8 Å². The Morgan fingerprint density at radius 3 is 2.19 bits per heavy atom. The van der Waals surface area contributed by atoms with Gasteiger partial charge in [0.1, 0.15) is 17.9 Å². The number of carbonyl (C=O) groups excluding carboxylic acids is 4. The number of carbonyl (C=O) groups is 4. The lowest BCUT2D eigenvalue weighted by atomic mass is 9.99. The van der Waals surface area contributed by atoms with Gasteiger partial charge in [0.05, 0.1) is 18.4 Å². The van der Waals surface area contributed by atoms with Crippen molar-refractivity contribution in [2.75, 3.05) is 12.0 Å². The van der Waals surface area contributed by atoms with Crippen LogP contribution in [-0.4, -0.2) is 30.9 Å². The van der Waals surface area contributed by atoms with Crippen LogP contribution in [0.4, 0.5) is 10.5 Å². The second kappa shape index (κ2) is 11.3. The summed E-state index contributed by atoms with van der Waals surface area (Å²) >= 11 is 0. The van der Waals surface area contributed by atoms with Crippen molar-refractivity contribution in [3.63, 3.8) is 0 Å². The predicted molar refractivity (Wildman–Crippen MR) is 164 cm³/mol. The highest BCUT2D eigenvalue weighted by atomic mass is 16.5. The Balaban J connectivity index is 1.41. The average molecular weight is 571 g/mol. The first-order valence-corrected chi connectivity index (χ1v) is 13.6. The number of rotatable bonds is 6. The molecule has 0 saturated carbocycles. The molecule has 0 aliphatic carbocycles. The fourth-order valence-electron chi connectivity index (χ4n) is 5.24. The third kappa shape index (κ3) is 5.10. The molecule has 5 aromatic rings. The first-order valence-electron chi connectivity index (χ1n) is 13.6. The Kier molecular flexibility index (Phi) is 7.17. The summed E-state index contributed by atoms with van der Waals surface area (Å²) in [6.07, 6.45) is 1.47. The van der Waals surface area contributed by atoms with Gasteiger partial charge in [-0.25, -0.2) is 14.5 Å². The maximum absolute atomic E-state index is 13.7. The molecule has 1 fully saturated rings. The van der Waals surface area contributed by atoms with Crippen LogP contribution >= 0.6 is 0 Å². The minimum atomic E-state index is -0.890. The van der Waals surface area contributed by atoms with Crippen LogP contribution in [-0.2, 0) is 20.9 Å². The zero-order valence-corrected chi connectivity index (χ0v) is 23.4. The van der Waals surface area contributed by atoms with E-state index in [-0.39, 0.29) is 23.4 Å². The van der Waals surface area contributed by atoms with Gasteiger partial charge in [-0.05, 0) is 70.4 Å². The van der Waals surface area contributed by atoms with Crippen LogP contribution < -0.4 is 15.0 Å². The van der Waals surface area contributed by atoms with Crippen LogP contribution in [0.2, 0.25) is 0 Å². The standard InChI is InChI=1S/C35H26N2O6/c1-21-11-12-22-7-4-6-10-27(22)30(21)20-43-31-18-15-23-8-3-5-9-26(23)28(31)19-29-32(38)36-35(41)37(33(29)39)25-16-13-24(14-17-25)34(40)42-2/h3-19H,20H2,1-2H3,(H,36,38,41)/b29-19+. The van der Waals surface area contributed by atoms with E-state index in [1.165, 1.54) is 37.5 Å². The first-order chi connectivity index (χ1) is 20.9. The van der Waals surface area contributed by atoms with Crippen LogP contribution in [0.1, 0.15) is 27.0 Å². The van der Waals surface area contributed by atoms with Gasteiger partial charge in [0, 0.05) is 11.1 Å². The molecule has 0 spiro atoms. The zero-order chi connectivity index (χ0) is 30.1. The average Bonchev–Trinajstić information content (AvgIpc) is 3.02. The third-order valence-electron chi connectivity index (χ3n) is 7.51. The van der Waals surface area contributed by atoms with Crippen LogP contribution in [0.25, 0.3) is 27.6 Å². The highest BCUT2D eigenvalue weighted by molar-refractivity contribution is 6.39. The van der Waals surface area contributed by atoms with E-state index in [9.17, 15) is 19.2 Å². The Morgan fingerprint density at radius 1 is 0.814 bits per heavy atom. The number of anilines is 1. The SMILES string of the molecule is COC(=O)c1ccc(N2C(=O)NC(=O)/C(=C\c3c(OCc4c(C)ccc5ccccc45)ccc4ccccc34)C2=O)cc1. The lowest BCUT2D eigenvalue weighted by molar-refractivity contribution is -0.122. The van der Waals surface area contributed by atoms with Crippen molar-refractivity contribution in [2.24, 2.45) is 0 Å². The summed E-state index contributed by atoms with van der Waals surface area (Å²) in [6.45, 7) is 2.29. The van der Waals surface area contributed by atoms with Gasteiger partial charge in [-0.1, -0.05) is 66.7 Å². The second-order valence-corrected chi connectivity index (χ2v) is 10.1. The number of hydrogen-bond acceptors (Lipinski definition) is 6. The highest BCUT2D eigenvalue weighted by Crippen LogP contribution is 2.33. The van der Waals surface area contributed by atoms with Gasteiger partial charge in [-0.2, -0.15) is 0 Å². The molecule has 0 aromatic heterocycles. The number of methoxy groups -OCH3 is 1. The monoisotopic (exact) mass is 570 g/mol. The number of nitrogens with zero attached hydrogens (tertiary/aromatic N) is 1. The number of benzene rings is 5. The summed E-state index contributed by atoms with van der Waals surface area (Å²) < 4.78 is 11.1. The Bertz CT molecular complexity index is 1980. The molecule has 1 aliphatic heterocycles. The number of ether oxygens (including phenoxy) is 2. The van der Waals surface area contributed by atoms with Gasteiger partial charge in [0.2, 0.25) is 0 Å². The minimum absolute atomic E-state index is 0.189. The van der Waals surface area contributed by atoms with Crippen molar-refractivity contribution < 1.29 is 28.7 Å². The zero-order valence-electron chi connectivity index (χ0n) is 23.4. The lowest BCUT2D eigenvalue weighted by Crippen LogP contribution is -2.54. The van der Waals surface area contributed by atoms with E-state index in [0.29, 0.717) is 11.3 Å². The summed E-state index contributed by atoms with van der Waals surface area (Å²) in [5.74, 6) is -1.70. The molecule has 8 heteroatoms. The molecule has 1 aliphatic rings. The lowest BCUT2D eigenvalue weighted by Gasteiger charge is -2.26. The maximum atomic E-state index is 13.7. The number of amides is 4. The van der Waals surface area contributed by atoms with Crippen molar-refractivity contribution >= 4 is 57.1 Å². The van der Waals surface area contributed by atoms with Crippen molar-refractivity contribution in [3.8, 4) is 5.75 Å². The minimum Gasteiger partial charge on any atom is -0.488 e. The third-order valence-corrected chi connectivity index (χ3v) is 7.51. The molecule has 0 atom stereocenters. The van der Waals surface area contributed by atoms with E-state index in [0.717, 1.165) is 37.6 Å². The number of nitrogens with one attached hydrogen (secondary N) is 1. The predicted octanol–water partition coefficient (Wildman–Crippen LogP) is 6.33. The van der Waals surface area contributed by atoms with Crippen LogP contribution in [0.3, 0.4) is 0 Å². The summed E-state index contributed by atoms with van der Waals surface area (Å²) in [7, 11) is 1.26. The van der Waals surface area contributed by atoms with Gasteiger partial charge in [0.15, 0.2) is 0 Å². The van der Waals surface area contributed by atoms with Gasteiger partial charge in [-0.15, -0.1) is 0 Å². The van der Waals surface area contributed by atoms with Crippen molar-refractivity contribution in [1.82, 2.24) is 5.32 Å². The van der Waals surface area contributed by atoms with Crippen molar-refractivity contribution in [3.05, 3.63) is 125 Å². The molecule has 0 bridgehead atoms. The second-order valence-electron chi connectivity index (χ2n) is 10.1. The van der Waals surface area contributed by atoms with E-state index < -0.39 is 23.8 Å². The van der Waals surface area contributed by atoms with E-state index in [2.05, 4.69) is 23.5 Å². The van der Waals surface area contributed by atoms with Gasteiger partial charge in [-0.3, -0.25) is 14.9 Å². The number of esters is 1. The molecule has 1 heterocycles. The molecule has 4 amide bonds. The molecule has 212 valence electrons. The Morgan fingerprint density at radius 2 is 1.47 bits per heavy atom. The normalized spacial score (nSPS) is 14.3. The topological polar surface area (TPSA) is 102 Å². The molecule has 6 rings (SSSR count). The molecule has 0 radical (unpaired) electrons. The van der Waals surface area contributed by atoms with Crippen LogP contribution in [0, 0.1) is 6.92 Å². The largest absolute Gasteiger partial charge is 0.488 e. The van der Waals surface area contributed by atoms with Gasteiger partial charge >= 0.3 is 12.0 Å². The quantitative estimate of drug-likeness (QED) is 0.145. The number of aryl methyl sites for hydroxylation is 1. The maximum Gasteiger partial charge on any atom is 0.337 e. The number of urea groups is 1.